The van der Waals surface area contributed by atoms with Crippen molar-refractivity contribution in [2.24, 2.45) is 0 Å². The molecule has 1 aromatic carbocycles. The van der Waals surface area contributed by atoms with Gasteiger partial charge in [-0.3, -0.25) is 5.10 Å². The van der Waals surface area contributed by atoms with E-state index in [0.29, 0.717) is 17.6 Å². The highest BCUT2D eigenvalue weighted by Crippen LogP contribution is 2.37. The zero-order valence-corrected chi connectivity index (χ0v) is 10.0. The number of halogens is 1. The number of aromatic nitrogens is 2. The first kappa shape index (κ1) is 11.6. The van der Waals surface area contributed by atoms with Crippen LogP contribution in [-0.2, 0) is 9.53 Å². The molecule has 0 bridgehead atoms. The average molecular weight is 258 g/mol. The standard InChI is InChI=1S/C14H11FN2O2/c1-8-4-13(19-14(8)18)11-3-2-10(15)5-12(11)9-6-16-17-7-9/h2-3,5-7,13H,1,4H2,(H,16,17). The van der Waals surface area contributed by atoms with Gasteiger partial charge in [0.05, 0.1) is 6.20 Å². The molecule has 1 aliphatic heterocycles. The van der Waals surface area contributed by atoms with Crippen molar-refractivity contribution in [3.05, 3.63) is 54.1 Å². The fourth-order valence-corrected chi connectivity index (χ4v) is 2.19. The molecule has 1 aliphatic rings. The van der Waals surface area contributed by atoms with E-state index >= 15 is 0 Å². The van der Waals surface area contributed by atoms with Gasteiger partial charge in [0.1, 0.15) is 11.9 Å². The fraction of sp³-hybridized carbons (Fsp3) is 0.143. The number of cyclic esters (lactones) is 1. The van der Waals surface area contributed by atoms with E-state index in [0.717, 1.165) is 11.1 Å². The van der Waals surface area contributed by atoms with E-state index in [1.807, 2.05) is 0 Å². The summed E-state index contributed by atoms with van der Waals surface area (Å²) >= 11 is 0. The molecule has 0 radical (unpaired) electrons. The summed E-state index contributed by atoms with van der Waals surface area (Å²) in [6, 6.07) is 4.40. The lowest BCUT2D eigenvalue weighted by Crippen LogP contribution is -2.01. The van der Waals surface area contributed by atoms with Crippen LogP contribution in [0.25, 0.3) is 11.1 Å². The molecule has 0 spiro atoms. The Morgan fingerprint density at radius 2 is 2.32 bits per heavy atom. The Morgan fingerprint density at radius 3 is 2.95 bits per heavy atom. The Balaban J connectivity index is 2.07. The third-order valence-corrected chi connectivity index (χ3v) is 3.14. The molecule has 1 fully saturated rings. The summed E-state index contributed by atoms with van der Waals surface area (Å²) in [6.45, 7) is 3.65. The Morgan fingerprint density at radius 1 is 1.47 bits per heavy atom. The van der Waals surface area contributed by atoms with Crippen molar-refractivity contribution >= 4 is 5.97 Å². The van der Waals surface area contributed by atoms with Crippen LogP contribution in [-0.4, -0.2) is 16.2 Å². The second-order valence-corrected chi connectivity index (χ2v) is 4.42. The van der Waals surface area contributed by atoms with Gasteiger partial charge in [-0.2, -0.15) is 5.10 Å². The lowest BCUT2D eigenvalue weighted by molar-refractivity contribution is -0.139. The van der Waals surface area contributed by atoms with Gasteiger partial charge in [-0.05, 0) is 17.7 Å². The molecule has 1 N–H and O–H groups in total. The third kappa shape index (κ3) is 2.03. The lowest BCUT2D eigenvalue weighted by Gasteiger charge is -2.13. The van der Waals surface area contributed by atoms with E-state index in [9.17, 15) is 9.18 Å². The second-order valence-electron chi connectivity index (χ2n) is 4.42. The third-order valence-electron chi connectivity index (χ3n) is 3.14. The molecule has 3 rings (SSSR count). The maximum Gasteiger partial charge on any atom is 0.334 e. The van der Waals surface area contributed by atoms with E-state index in [2.05, 4.69) is 16.8 Å². The highest BCUT2D eigenvalue weighted by atomic mass is 19.1. The Kier molecular flexibility index (Phi) is 2.67. The monoisotopic (exact) mass is 258 g/mol. The van der Waals surface area contributed by atoms with E-state index in [1.165, 1.54) is 12.1 Å². The predicted molar refractivity (Wildman–Crippen MR) is 66.6 cm³/mol. The van der Waals surface area contributed by atoms with Crippen molar-refractivity contribution in [3.63, 3.8) is 0 Å². The molecule has 5 heteroatoms. The minimum atomic E-state index is -0.412. The first-order valence-electron chi connectivity index (χ1n) is 5.82. The Hall–Kier alpha value is -2.43. The minimum absolute atomic E-state index is 0.344. The maximum absolute atomic E-state index is 13.4. The number of ether oxygens (including phenoxy) is 1. The Labute approximate surface area is 108 Å². The number of hydrogen-bond acceptors (Lipinski definition) is 3. The predicted octanol–water partition coefficient (Wildman–Crippen LogP) is 2.76. The number of benzene rings is 1. The van der Waals surface area contributed by atoms with Crippen LogP contribution >= 0.6 is 0 Å². The van der Waals surface area contributed by atoms with Crippen LogP contribution in [0.4, 0.5) is 4.39 Å². The van der Waals surface area contributed by atoms with Crippen molar-refractivity contribution in [2.75, 3.05) is 0 Å². The summed E-state index contributed by atoms with van der Waals surface area (Å²) in [5, 5.41) is 6.54. The van der Waals surface area contributed by atoms with Crippen molar-refractivity contribution in [1.82, 2.24) is 10.2 Å². The topological polar surface area (TPSA) is 55.0 Å². The smallest absolute Gasteiger partial charge is 0.334 e. The van der Waals surface area contributed by atoms with Crippen molar-refractivity contribution in [2.45, 2.75) is 12.5 Å². The fourth-order valence-electron chi connectivity index (χ4n) is 2.19. The van der Waals surface area contributed by atoms with E-state index in [-0.39, 0.29) is 5.82 Å². The van der Waals surface area contributed by atoms with Gasteiger partial charge < -0.3 is 4.74 Å². The number of aromatic amines is 1. The first-order valence-corrected chi connectivity index (χ1v) is 5.82. The Bertz CT molecular complexity index is 633. The molecule has 1 aromatic heterocycles. The minimum Gasteiger partial charge on any atom is -0.454 e. The maximum atomic E-state index is 13.4. The van der Waals surface area contributed by atoms with Gasteiger partial charge >= 0.3 is 5.97 Å². The van der Waals surface area contributed by atoms with Crippen LogP contribution < -0.4 is 0 Å². The van der Waals surface area contributed by atoms with E-state index < -0.39 is 12.1 Å². The van der Waals surface area contributed by atoms with Gasteiger partial charge in [0.2, 0.25) is 0 Å². The van der Waals surface area contributed by atoms with E-state index in [1.54, 1.807) is 18.5 Å². The van der Waals surface area contributed by atoms with Gasteiger partial charge in [0.15, 0.2) is 0 Å². The molecule has 96 valence electrons. The first-order chi connectivity index (χ1) is 9.15. The zero-order chi connectivity index (χ0) is 13.4. The average Bonchev–Trinajstić information content (AvgIpc) is 3.00. The van der Waals surface area contributed by atoms with Gasteiger partial charge in [-0.15, -0.1) is 0 Å². The largest absolute Gasteiger partial charge is 0.454 e. The van der Waals surface area contributed by atoms with Gasteiger partial charge in [-0.25, -0.2) is 9.18 Å². The molecular formula is C14H11FN2O2. The molecular weight excluding hydrogens is 247 g/mol. The second kappa shape index (κ2) is 4.35. The molecule has 2 aromatic rings. The molecule has 0 aliphatic carbocycles. The highest BCUT2D eigenvalue weighted by Gasteiger charge is 2.30. The van der Waals surface area contributed by atoms with Crippen LogP contribution in [0.5, 0.6) is 0 Å². The molecule has 19 heavy (non-hydrogen) atoms. The van der Waals surface area contributed by atoms with Crippen LogP contribution in [0.3, 0.4) is 0 Å². The summed E-state index contributed by atoms with van der Waals surface area (Å²) in [5.74, 6) is -0.740. The summed E-state index contributed by atoms with van der Waals surface area (Å²) in [7, 11) is 0. The number of carbonyl (C=O) groups is 1. The van der Waals surface area contributed by atoms with Gasteiger partial charge in [-0.1, -0.05) is 12.6 Å². The quantitative estimate of drug-likeness (QED) is 0.665. The van der Waals surface area contributed by atoms with Crippen molar-refractivity contribution in [1.29, 1.82) is 0 Å². The summed E-state index contributed by atoms with van der Waals surface area (Å²) in [5.41, 5.74) is 2.62. The molecule has 2 heterocycles. The molecule has 0 saturated carbocycles. The molecule has 1 atom stereocenters. The van der Waals surface area contributed by atoms with Crippen LogP contribution in [0.1, 0.15) is 18.1 Å². The number of esters is 1. The summed E-state index contributed by atoms with van der Waals surface area (Å²) in [4.78, 5) is 11.4. The van der Waals surface area contributed by atoms with Gasteiger partial charge in [0, 0.05) is 29.3 Å². The molecule has 1 unspecified atom stereocenters. The van der Waals surface area contributed by atoms with Crippen molar-refractivity contribution in [3.8, 4) is 11.1 Å². The van der Waals surface area contributed by atoms with Crippen LogP contribution in [0, 0.1) is 5.82 Å². The molecule has 1 saturated heterocycles. The lowest BCUT2D eigenvalue weighted by atomic mass is 9.96. The number of nitrogens with one attached hydrogen (secondary N) is 1. The number of rotatable bonds is 2. The number of hydrogen-bond donors (Lipinski definition) is 1. The number of nitrogens with zero attached hydrogens (tertiary/aromatic N) is 1. The highest BCUT2D eigenvalue weighted by molar-refractivity contribution is 5.90. The van der Waals surface area contributed by atoms with Crippen molar-refractivity contribution < 1.29 is 13.9 Å². The number of carbonyl (C=O) groups excluding carboxylic acids is 1. The normalized spacial score (nSPS) is 18.7. The molecule has 0 amide bonds. The van der Waals surface area contributed by atoms with Gasteiger partial charge in [0.25, 0.3) is 0 Å². The van der Waals surface area contributed by atoms with E-state index in [4.69, 9.17) is 4.74 Å². The molecule has 4 nitrogen and oxygen atoms in total. The number of H-pyrrole nitrogens is 1. The summed E-state index contributed by atoms with van der Waals surface area (Å²) < 4.78 is 18.7. The van der Waals surface area contributed by atoms with Crippen LogP contribution in [0.15, 0.2) is 42.7 Å². The zero-order valence-electron chi connectivity index (χ0n) is 10.0. The summed E-state index contributed by atoms with van der Waals surface area (Å²) in [6.07, 6.45) is 3.29. The van der Waals surface area contributed by atoms with Crippen LogP contribution in [0.2, 0.25) is 0 Å². The SMILES string of the molecule is C=C1CC(c2ccc(F)cc2-c2cn[nH]c2)OC1=O.